The van der Waals surface area contributed by atoms with E-state index in [9.17, 15) is 0 Å². The lowest BCUT2D eigenvalue weighted by Gasteiger charge is -2.54. The first kappa shape index (κ1) is 15.0. The summed E-state index contributed by atoms with van der Waals surface area (Å²) in [5.41, 5.74) is 2.04. The Balaban J connectivity index is 1.82. The van der Waals surface area contributed by atoms with Gasteiger partial charge in [-0.05, 0) is 37.3 Å². The van der Waals surface area contributed by atoms with Crippen LogP contribution in [0.15, 0.2) is 24.5 Å². The fraction of sp³-hybridized carbons (Fsp3) is 0.722. The Morgan fingerprint density at radius 2 is 2.00 bits per heavy atom. The molecule has 0 aromatic carbocycles. The fourth-order valence-corrected chi connectivity index (χ4v) is 4.32. The van der Waals surface area contributed by atoms with E-state index in [-0.39, 0.29) is 0 Å². The molecule has 21 heavy (non-hydrogen) atoms. The topological polar surface area (TPSA) is 28.2 Å². The van der Waals surface area contributed by atoms with Crippen LogP contribution in [0.3, 0.4) is 0 Å². The molecule has 1 saturated heterocycles. The Labute approximate surface area is 129 Å². The molecule has 2 aliphatic rings. The van der Waals surface area contributed by atoms with E-state index >= 15 is 0 Å². The van der Waals surface area contributed by atoms with Gasteiger partial charge in [0.25, 0.3) is 0 Å². The molecule has 3 heteroatoms. The zero-order valence-electron chi connectivity index (χ0n) is 13.6. The van der Waals surface area contributed by atoms with E-state index in [2.05, 4.69) is 41.2 Å². The lowest BCUT2D eigenvalue weighted by Crippen LogP contribution is -2.68. The molecule has 3 nitrogen and oxygen atoms in total. The first-order valence-corrected chi connectivity index (χ1v) is 8.61. The minimum Gasteiger partial charge on any atom is -0.308 e. The second-order valence-corrected chi connectivity index (χ2v) is 6.99. The maximum atomic E-state index is 4.30. The van der Waals surface area contributed by atoms with Gasteiger partial charge in [0.1, 0.15) is 0 Å². The third kappa shape index (κ3) is 2.86. The van der Waals surface area contributed by atoms with Crippen molar-refractivity contribution in [3.05, 3.63) is 30.1 Å². The zero-order valence-corrected chi connectivity index (χ0v) is 13.6. The van der Waals surface area contributed by atoms with E-state index in [1.165, 1.54) is 50.6 Å². The summed E-state index contributed by atoms with van der Waals surface area (Å²) < 4.78 is 0. The molecule has 2 heterocycles. The molecule has 2 fully saturated rings. The van der Waals surface area contributed by atoms with Crippen molar-refractivity contribution >= 4 is 0 Å². The Morgan fingerprint density at radius 1 is 1.24 bits per heavy atom. The quantitative estimate of drug-likeness (QED) is 0.920. The standard InChI is InChI=1S/C18H29N3/c1-3-18(4-2)14-20-17(9-5-6-10-17)15-21(18)13-16-8-7-11-19-12-16/h7-8,11-12,20H,3-6,9-10,13-15H2,1-2H3. The minimum atomic E-state index is 0.309. The third-order valence-corrected chi connectivity index (χ3v) is 5.93. The summed E-state index contributed by atoms with van der Waals surface area (Å²) in [7, 11) is 0. The van der Waals surface area contributed by atoms with Crippen LogP contribution in [0.1, 0.15) is 57.9 Å². The summed E-state index contributed by atoms with van der Waals surface area (Å²) >= 11 is 0. The van der Waals surface area contributed by atoms with E-state index in [1.54, 1.807) is 0 Å². The lowest BCUT2D eigenvalue weighted by molar-refractivity contribution is -0.00656. The van der Waals surface area contributed by atoms with Crippen LogP contribution in [-0.2, 0) is 6.54 Å². The second kappa shape index (κ2) is 6.05. The molecule has 0 radical (unpaired) electrons. The van der Waals surface area contributed by atoms with Gasteiger partial charge in [0.15, 0.2) is 0 Å². The maximum absolute atomic E-state index is 4.30. The molecule has 1 aliphatic heterocycles. The smallest absolute Gasteiger partial charge is 0.0333 e. The molecule has 3 rings (SSSR count). The normalized spacial score (nSPS) is 24.5. The van der Waals surface area contributed by atoms with Crippen LogP contribution in [0.5, 0.6) is 0 Å². The minimum absolute atomic E-state index is 0.309. The van der Waals surface area contributed by atoms with Gasteiger partial charge in [0, 0.05) is 43.1 Å². The average Bonchev–Trinajstić information content (AvgIpc) is 2.98. The first-order valence-electron chi connectivity index (χ1n) is 8.61. The average molecular weight is 287 g/mol. The third-order valence-electron chi connectivity index (χ3n) is 5.93. The summed E-state index contributed by atoms with van der Waals surface area (Å²) in [6.45, 7) is 8.06. The van der Waals surface area contributed by atoms with E-state index < -0.39 is 0 Å². The van der Waals surface area contributed by atoms with Crippen molar-refractivity contribution in [2.75, 3.05) is 13.1 Å². The monoisotopic (exact) mass is 287 g/mol. The molecule has 116 valence electrons. The molecule has 1 spiro atoms. The molecule has 1 N–H and O–H groups in total. The maximum Gasteiger partial charge on any atom is 0.0333 e. The highest BCUT2D eigenvalue weighted by molar-refractivity contribution is 5.12. The SMILES string of the molecule is CCC1(CC)CNC2(CCCC2)CN1Cc1cccnc1. The number of nitrogens with one attached hydrogen (secondary N) is 1. The molecule has 0 amide bonds. The van der Waals surface area contributed by atoms with Gasteiger partial charge < -0.3 is 5.32 Å². The molecule has 1 aromatic heterocycles. The van der Waals surface area contributed by atoms with E-state index in [4.69, 9.17) is 0 Å². The summed E-state index contributed by atoms with van der Waals surface area (Å²) in [5, 5.41) is 3.95. The number of nitrogens with zero attached hydrogens (tertiary/aromatic N) is 2. The molecule has 0 unspecified atom stereocenters. The Morgan fingerprint density at radius 3 is 2.62 bits per heavy atom. The molecule has 1 saturated carbocycles. The van der Waals surface area contributed by atoms with Crippen molar-refractivity contribution in [3.8, 4) is 0 Å². The summed E-state index contributed by atoms with van der Waals surface area (Å²) in [6.07, 6.45) is 11.8. The van der Waals surface area contributed by atoms with Gasteiger partial charge in [0.05, 0.1) is 0 Å². The first-order chi connectivity index (χ1) is 10.2. The second-order valence-electron chi connectivity index (χ2n) is 6.99. The van der Waals surface area contributed by atoms with E-state index in [0.717, 1.165) is 13.1 Å². The number of aromatic nitrogens is 1. The summed E-state index contributed by atoms with van der Waals surface area (Å²) in [5.74, 6) is 0. The number of rotatable bonds is 4. The number of pyridine rings is 1. The largest absolute Gasteiger partial charge is 0.308 e. The highest BCUT2D eigenvalue weighted by atomic mass is 15.3. The van der Waals surface area contributed by atoms with E-state index in [0.29, 0.717) is 11.1 Å². The number of hydrogen-bond acceptors (Lipinski definition) is 3. The molecule has 0 atom stereocenters. The highest BCUT2D eigenvalue weighted by Gasteiger charge is 2.46. The predicted molar refractivity (Wildman–Crippen MR) is 87.2 cm³/mol. The predicted octanol–water partition coefficient (Wildman–Crippen LogP) is 3.36. The van der Waals surface area contributed by atoms with Crippen molar-refractivity contribution in [2.24, 2.45) is 0 Å². The van der Waals surface area contributed by atoms with Crippen LogP contribution in [-0.4, -0.2) is 34.1 Å². The van der Waals surface area contributed by atoms with Gasteiger partial charge in [0.2, 0.25) is 0 Å². The fourth-order valence-electron chi connectivity index (χ4n) is 4.32. The number of hydrogen-bond donors (Lipinski definition) is 1. The summed E-state index contributed by atoms with van der Waals surface area (Å²) in [4.78, 5) is 7.05. The van der Waals surface area contributed by atoms with E-state index in [1.807, 2.05) is 12.4 Å². The van der Waals surface area contributed by atoms with Crippen LogP contribution < -0.4 is 5.32 Å². The van der Waals surface area contributed by atoms with Gasteiger partial charge in [-0.3, -0.25) is 9.88 Å². The van der Waals surface area contributed by atoms with Crippen LogP contribution >= 0.6 is 0 Å². The Bertz CT molecular complexity index is 447. The van der Waals surface area contributed by atoms with Gasteiger partial charge in [-0.25, -0.2) is 0 Å². The van der Waals surface area contributed by atoms with Crippen molar-refractivity contribution < 1.29 is 0 Å². The van der Waals surface area contributed by atoms with Crippen molar-refractivity contribution in [1.29, 1.82) is 0 Å². The lowest BCUT2D eigenvalue weighted by atomic mass is 9.82. The molecular formula is C18H29N3. The zero-order chi connectivity index (χ0) is 14.8. The van der Waals surface area contributed by atoms with Gasteiger partial charge in [-0.15, -0.1) is 0 Å². The van der Waals surface area contributed by atoms with Crippen LogP contribution in [0.4, 0.5) is 0 Å². The Hall–Kier alpha value is -0.930. The van der Waals surface area contributed by atoms with Crippen molar-refractivity contribution in [1.82, 2.24) is 15.2 Å². The Kier molecular flexibility index (Phi) is 4.32. The summed E-state index contributed by atoms with van der Waals surface area (Å²) in [6, 6.07) is 4.27. The van der Waals surface area contributed by atoms with Crippen LogP contribution in [0.25, 0.3) is 0 Å². The van der Waals surface area contributed by atoms with Gasteiger partial charge in [-0.1, -0.05) is 32.8 Å². The van der Waals surface area contributed by atoms with Gasteiger partial charge >= 0.3 is 0 Å². The van der Waals surface area contributed by atoms with Crippen LogP contribution in [0.2, 0.25) is 0 Å². The highest BCUT2D eigenvalue weighted by Crippen LogP contribution is 2.38. The molecule has 0 bridgehead atoms. The van der Waals surface area contributed by atoms with Crippen molar-refractivity contribution in [3.63, 3.8) is 0 Å². The van der Waals surface area contributed by atoms with Crippen molar-refractivity contribution in [2.45, 2.75) is 70.0 Å². The molecule has 1 aromatic rings. The number of piperazine rings is 1. The molecule has 1 aliphatic carbocycles. The van der Waals surface area contributed by atoms with Crippen LogP contribution in [0, 0.1) is 0 Å². The van der Waals surface area contributed by atoms with Gasteiger partial charge in [-0.2, -0.15) is 0 Å². The molecular weight excluding hydrogens is 258 g/mol.